The average molecular weight is 283 g/mol. The van der Waals surface area contributed by atoms with E-state index in [1.807, 2.05) is 0 Å². The molecule has 0 fully saturated rings. The zero-order valence-corrected chi connectivity index (χ0v) is 12.2. The SMILES string of the molecule is CCOC(=O)c1csc(C=CC(=O)OC(C)(C)C)n1. The van der Waals surface area contributed by atoms with Gasteiger partial charge >= 0.3 is 11.9 Å². The molecule has 0 bridgehead atoms. The highest BCUT2D eigenvalue weighted by atomic mass is 32.1. The van der Waals surface area contributed by atoms with Crippen molar-refractivity contribution in [2.24, 2.45) is 0 Å². The molecular formula is C13H17NO4S. The van der Waals surface area contributed by atoms with E-state index in [-0.39, 0.29) is 5.69 Å². The van der Waals surface area contributed by atoms with Crippen LogP contribution in [0.15, 0.2) is 11.5 Å². The Hall–Kier alpha value is -1.69. The molecule has 0 aliphatic heterocycles. The summed E-state index contributed by atoms with van der Waals surface area (Å²) in [6.07, 6.45) is 2.81. The first-order chi connectivity index (χ1) is 8.81. The topological polar surface area (TPSA) is 65.5 Å². The van der Waals surface area contributed by atoms with Crippen LogP contribution in [0.5, 0.6) is 0 Å². The second-order valence-electron chi connectivity index (χ2n) is 4.66. The van der Waals surface area contributed by atoms with Crippen molar-refractivity contribution in [1.82, 2.24) is 4.98 Å². The summed E-state index contributed by atoms with van der Waals surface area (Å²) >= 11 is 1.26. The van der Waals surface area contributed by atoms with E-state index in [1.165, 1.54) is 23.5 Å². The molecule has 5 nitrogen and oxygen atoms in total. The molecule has 1 rings (SSSR count). The predicted octanol–water partition coefficient (Wildman–Crippen LogP) is 2.67. The third-order valence-electron chi connectivity index (χ3n) is 1.78. The molecule has 1 heterocycles. The Balaban J connectivity index is 2.63. The molecule has 0 aliphatic rings. The molecule has 0 atom stereocenters. The van der Waals surface area contributed by atoms with Crippen molar-refractivity contribution in [1.29, 1.82) is 0 Å². The fraction of sp³-hybridized carbons (Fsp3) is 0.462. The van der Waals surface area contributed by atoms with Crippen molar-refractivity contribution < 1.29 is 19.1 Å². The fourth-order valence-corrected chi connectivity index (χ4v) is 1.82. The highest BCUT2D eigenvalue weighted by Gasteiger charge is 2.14. The van der Waals surface area contributed by atoms with Gasteiger partial charge in [0.2, 0.25) is 0 Å². The smallest absolute Gasteiger partial charge is 0.357 e. The highest BCUT2D eigenvalue weighted by molar-refractivity contribution is 7.10. The fourth-order valence-electron chi connectivity index (χ4n) is 1.14. The van der Waals surface area contributed by atoms with Crippen LogP contribution in [-0.4, -0.2) is 29.1 Å². The normalized spacial score (nSPS) is 11.6. The van der Waals surface area contributed by atoms with E-state index >= 15 is 0 Å². The molecule has 0 radical (unpaired) electrons. The Morgan fingerprint density at radius 3 is 2.68 bits per heavy atom. The van der Waals surface area contributed by atoms with Crippen LogP contribution in [0, 0.1) is 0 Å². The summed E-state index contributed by atoms with van der Waals surface area (Å²) in [5, 5.41) is 2.14. The minimum atomic E-state index is -0.527. The summed E-state index contributed by atoms with van der Waals surface area (Å²) in [5.41, 5.74) is -0.281. The lowest BCUT2D eigenvalue weighted by Gasteiger charge is -2.17. The lowest BCUT2D eigenvalue weighted by molar-refractivity contribution is -0.148. The van der Waals surface area contributed by atoms with Gasteiger partial charge in [0.05, 0.1) is 6.61 Å². The van der Waals surface area contributed by atoms with Gasteiger partial charge in [0.15, 0.2) is 5.69 Å². The summed E-state index contributed by atoms with van der Waals surface area (Å²) in [7, 11) is 0. The molecule has 0 spiro atoms. The van der Waals surface area contributed by atoms with Gasteiger partial charge < -0.3 is 9.47 Å². The molecule has 0 N–H and O–H groups in total. The first-order valence-electron chi connectivity index (χ1n) is 5.85. The van der Waals surface area contributed by atoms with E-state index in [0.29, 0.717) is 11.6 Å². The predicted molar refractivity (Wildman–Crippen MR) is 72.9 cm³/mol. The number of rotatable bonds is 4. The third-order valence-corrected chi connectivity index (χ3v) is 2.59. The standard InChI is InChI=1S/C13H17NO4S/c1-5-17-12(16)9-8-19-10(14-9)6-7-11(15)18-13(2,3)4/h6-8H,5H2,1-4H3. The zero-order chi connectivity index (χ0) is 14.5. The summed E-state index contributed by atoms with van der Waals surface area (Å²) < 4.78 is 9.93. The van der Waals surface area contributed by atoms with Gasteiger partial charge in [-0.1, -0.05) is 0 Å². The minimum Gasteiger partial charge on any atom is -0.461 e. The lowest BCUT2D eigenvalue weighted by Crippen LogP contribution is -2.22. The van der Waals surface area contributed by atoms with Gasteiger partial charge in [-0.15, -0.1) is 11.3 Å². The summed E-state index contributed by atoms with van der Waals surface area (Å²) in [4.78, 5) is 26.9. The van der Waals surface area contributed by atoms with Gasteiger partial charge in [0, 0.05) is 11.5 Å². The monoisotopic (exact) mass is 283 g/mol. The molecule has 0 amide bonds. The molecule has 0 aliphatic carbocycles. The molecule has 0 aromatic carbocycles. The van der Waals surface area contributed by atoms with Crippen molar-refractivity contribution in [2.75, 3.05) is 6.61 Å². The van der Waals surface area contributed by atoms with E-state index in [2.05, 4.69) is 4.98 Å². The van der Waals surface area contributed by atoms with Crippen LogP contribution < -0.4 is 0 Å². The maximum atomic E-state index is 11.5. The van der Waals surface area contributed by atoms with Crippen molar-refractivity contribution in [3.05, 3.63) is 22.2 Å². The Kier molecular flexibility index (Phi) is 5.23. The number of aromatic nitrogens is 1. The molecule has 104 valence electrons. The van der Waals surface area contributed by atoms with Gasteiger partial charge in [-0.05, 0) is 33.8 Å². The summed E-state index contributed by atoms with van der Waals surface area (Å²) in [6.45, 7) is 7.41. The van der Waals surface area contributed by atoms with Crippen LogP contribution >= 0.6 is 11.3 Å². The van der Waals surface area contributed by atoms with E-state index in [1.54, 1.807) is 33.1 Å². The van der Waals surface area contributed by atoms with E-state index < -0.39 is 17.5 Å². The summed E-state index contributed by atoms with van der Waals surface area (Å²) in [5.74, 6) is -0.906. The third kappa shape index (κ3) is 5.65. The van der Waals surface area contributed by atoms with Crippen LogP contribution in [0.3, 0.4) is 0 Å². The number of hydrogen-bond donors (Lipinski definition) is 0. The first-order valence-corrected chi connectivity index (χ1v) is 6.73. The average Bonchev–Trinajstić information content (AvgIpc) is 2.73. The van der Waals surface area contributed by atoms with Gasteiger partial charge in [0.1, 0.15) is 10.6 Å². The molecule has 0 saturated carbocycles. The van der Waals surface area contributed by atoms with E-state index in [4.69, 9.17) is 9.47 Å². The largest absolute Gasteiger partial charge is 0.461 e. The van der Waals surface area contributed by atoms with Crippen LogP contribution in [0.25, 0.3) is 6.08 Å². The number of esters is 2. The summed E-state index contributed by atoms with van der Waals surface area (Å²) in [6, 6.07) is 0. The van der Waals surface area contributed by atoms with Gasteiger partial charge in [-0.25, -0.2) is 14.6 Å². The minimum absolute atomic E-state index is 0.246. The van der Waals surface area contributed by atoms with Crippen molar-refractivity contribution in [3.63, 3.8) is 0 Å². The highest BCUT2D eigenvalue weighted by Crippen LogP contribution is 2.13. The van der Waals surface area contributed by atoms with Crippen molar-refractivity contribution >= 4 is 29.4 Å². The van der Waals surface area contributed by atoms with Gasteiger partial charge in [0.25, 0.3) is 0 Å². The second-order valence-corrected chi connectivity index (χ2v) is 5.55. The Morgan fingerprint density at radius 2 is 2.11 bits per heavy atom. The molecule has 0 unspecified atom stereocenters. The first kappa shape index (κ1) is 15.4. The van der Waals surface area contributed by atoms with E-state index in [9.17, 15) is 9.59 Å². The number of nitrogens with zero attached hydrogens (tertiary/aromatic N) is 1. The van der Waals surface area contributed by atoms with Crippen LogP contribution in [0.2, 0.25) is 0 Å². The Morgan fingerprint density at radius 1 is 1.42 bits per heavy atom. The molecule has 0 saturated heterocycles. The Labute approximate surface area is 116 Å². The zero-order valence-electron chi connectivity index (χ0n) is 11.4. The number of thiazole rings is 1. The van der Waals surface area contributed by atoms with Crippen LogP contribution in [-0.2, 0) is 14.3 Å². The number of carbonyl (C=O) groups excluding carboxylic acids is 2. The Bertz CT molecular complexity index is 485. The lowest BCUT2D eigenvalue weighted by atomic mass is 10.2. The van der Waals surface area contributed by atoms with Crippen molar-refractivity contribution in [2.45, 2.75) is 33.3 Å². The molecule has 19 heavy (non-hydrogen) atoms. The van der Waals surface area contributed by atoms with Crippen molar-refractivity contribution in [3.8, 4) is 0 Å². The van der Waals surface area contributed by atoms with E-state index in [0.717, 1.165) is 0 Å². The molecule has 1 aromatic rings. The maximum Gasteiger partial charge on any atom is 0.357 e. The molecule has 1 aromatic heterocycles. The van der Waals surface area contributed by atoms with Gasteiger partial charge in [-0.3, -0.25) is 0 Å². The van der Waals surface area contributed by atoms with Crippen LogP contribution in [0.4, 0.5) is 0 Å². The molecule has 6 heteroatoms. The molecular weight excluding hydrogens is 266 g/mol. The number of ether oxygens (including phenoxy) is 2. The van der Waals surface area contributed by atoms with Crippen LogP contribution in [0.1, 0.15) is 43.2 Å². The maximum absolute atomic E-state index is 11.5. The van der Waals surface area contributed by atoms with Gasteiger partial charge in [-0.2, -0.15) is 0 Å². The number of carbonyl (C=O) groups is 2. The quantitative estimate of drug-likeness (QED) is 0.628. The second kappa shape index (κ2) is 6.47. The number of hydrogen-bond acceptors (Lipinski definition) is 6.